The molecular weight excluding hydrogens is 240 g/mol. The van der Waals surface area contributed by atoms with E-state index in [1.165, 1.54) is 10.9 Å². The number of rotatable bonds is 2. The summed E-state index contributed by atoms with van der Waals surface area (Å²) in [5.41, 5.74) is 1.65. The van der Waals surface area contributed by atoms with E-state index in [4.69, 9.17) is 9.47 Å². The average Bonchev–Trinajstić information content (AvgIpc) is 2.75. The second-order valence-corrected chi connectivity index (χ2v) is 5.51. The number of aromatic amines is 1. The van der Waals surface area contributed by atoms with Crippen LogP contribution in [-0.2, 0) is 14.9 Å². The van der Waals surface area contributed by atoms with Crippen molar-refractivity contribution in [1.29, 1.82) is 5.26 Å². The molecule has 0 bridgehead atoms. The monoisotopic (exact) mass is 254 g/mol. The molecule has 96 valence electrons. The van der Waals surface area contributed by atoms with Crippen molar-refractivity contribution < 1.29 is 9.47 Å². The minimum atomic E-state index is -0.434. The number of fused-ring (bicyclic) bond motifs is 1. The first kappa shape index (κ1) is 11.0. The SMILES string of the molecule is N#CC1(C2(c3c[nH]c4ccccc34)COC2)COC1. The Hall–Kier alpha value is -1.83. The van der Waals surface area contributed by atoms with Crippen LogP contribution in [0.25, 0.3) is 10.9 Å². The molecule has 4 rings (SSSR count). The Kier molecular flexibility index (Phi) is 2.09. The van der Waals surface area contributed by atoms with Crippen molar-refractivity contribution in [1.82, 2.24) is 4.98 Å². The summed E-state index contributed by atoms with van der Waals surface area (Å²) in [4.78, 5) is 3.30. The van der Waals surface area contributed by atoms with E-state index >= 15 is 0 Å². The van der Waals surface area contributed by atoms with Crippen molar-refractivity contribution in [3.63, 3.8) is 0 Å². The smallest absolute Gasteiger partial charge is 0.118 e. The molecule has 2 fully saturated rings. The number of ether oxygens (including phenoxy) is 2. The van der Waals surface area contributed by atoms with Crippen LogP contribution in [0.3, 0.4) is 0 Å². The molecule has 4 nitrogen and oxygen atoms in total. The quantitative estimate of drug-likeness (QED) is 0.891. The Bertz CT molecular complexity index is 675. The second-order valence-electron chi connectivity index (χ2n) is 5.51. The molecule has 2 aliphatic rings. The predicted octanol–water partition coefficient (Wildman–Crippen LogP) is 1.98. The van der Waals surface area contributed by atoms with Gasteiger partial charge >= 0.3 is 0 Å². The average molecular weight is 254 g/mol. The molecule has 19 heavy (non-hydrogen) atoms. The summed E-state index contributed by atoms with van der Waals surface area (Å²) < 4.78 is 10.8. The Balaban J connectivity index is 1.92. The number of hydrogen-bond acceptors (Lipinski definition) is 3. The third kappa shape index (κ3) is 1.19. The van der Waals surface area contributed by atoms with Gasteiger partial charge in [0.25, 0.3) is 0 Å². The molecule has 0 saturated carbocycles. The molecule has 4 heteroatoms. The lowest BCUT2D eigenvalue weighted by Crippen LogP contribution is -2.66. The maximum Gasteiger partial charge on any atom is 0.118 e. The molecule has 0 radical (unpaired) electrons. The van der Waals surface area contributed by atoms with Gasteiger partial charge in [-0.1, -0.05) is 18.2 Å². The first-order valence-corrected chi connectivity index (χ1v) is 6.45. The zero-order valence-corrected chi connectivity index (χ0v) is 10.5. The van der Waals surface area contributed by atoms with Gasteiger partial charge in [-0.05, 0) is 11.6 Å². The lowest BCUT2D eigenvalue weighted by molar-refractivity contribution is -0.200. The molecule has 1 aromatic heterocycles. The lowest BCUT2D eigenvalue weighted by Gasteiger charge is -2.55. The zero-order chi connectivity index (χ0) is 12.9. The molecule has 0 unspecified atom stereocenters. The van der Waals surface area contributed by atoms with Crippen LogP contribution in [-0.4, -0.2) is 31.4 Å². The van der Waals surface area contributed by atoms with Crippen molar-refractivity contribution in [2.45, 2.75) is 5.41 Å². The minimum absolute atomic E-state index is 0.223. The summed E-state index contributed by atoms with van der Waals surface area (Å²) in [6, 6.07) is 10.7. The molecule has 2 aliphatic heterocycles. The topological polar surface area (TPSA) is 58.0 Å². The van der Waals surface area contributed by atoms with Crippen molar-refractivity contribution in [2.75, 3.05) is 26.4 Å². The maximum absolute atomic E-state index is 9.61. The predicted molar refractivity (Wildman–Crippen MR) is 69.7 cm³/mol. The molecule has 2 saturated heterocycles. The van der Waals surface area contributed by atoms with Gasteiger partial charge in [0, 0.05) is 17.1 Å². The molecule has 0 aliphatic carbocycles. The number of nitrogens with one attached hydrogen (secondary N) is 1. The second kappa shape index (κ2) is 3.60. The van der Waals surface area contributed by atoms with Crippen LogP contribution in [0.15, 0.2) is 30.5 Å². The van der Waals surface area contributed by atoms with Crippen molar-refractivity contribution in [3.8, 4) is 6.07 Å². The van der Waals surface area contributed by atoms with Gasteiger partial charge < -0.3 is 14.5 Å². The fourth-order valence-corrected chi connectivity index (χ4v) is 3.22. The fraction of sp³-hybridized carbons (Fsp3) is 0.400. The van der Waals surface area contributed by atoms with E-state index in [1.54, 1.807) is 0 Å². The molecule has 0 spiro atoms. The van der Waals surface area contributed by atoms with Gasteiger partial charge in [-0.15, -0.1) is 0 Å². The number of H-pyrrole nitrogens is 1. The first-order chi connectivity index (χ1) is 9.31. The van der Waals surface area contributed by atoms with E-state index in [0.29, 0.717) is 26.4 Å². The van der Waals surface area contributed by atoms with Gasteiger partial charge in [0.1, 0.15) is 5.41 Å². The summed E-state index contributed by atoms with van der Waals surface area (Å²) in [5.74, 6) is 0. The van der Waals surface area contributed by atoms with Crippen LogP contribution in [0.1, 0.15) is 5.56 Å². The number of nitrogens with zero attached hydrogens (tertiary/aromatic N) is 1. The summed E-state index contributed by atoms with van der Waals surface area (Å²) in [6.45, 7) is 2.22. The Morgan fingerprint density at radius 2 is 1.84 bits per heavy atom. The van der Waals surface area contributed by atoms with Crippen LogP contribution in [0.5, 0.6) is 0 Å². The van der Waals surface area contributed by atoms with Gasteiger partial charge in [-0.25, -0.2) is 0 Å². The van der Waals surface area contributed by atoms with Crippen LogP contribution in [0.4, 0.5) is 0 Å². The molecule has 2 aromatic rings. The van der Waals surface area contributed by atoms with Gasteiger partial charge in [-0.2, -0.15) is 5.26 Å². The molecule has 1 N–H and O–H groups in total. The normalized spacial score (nSPS) is 23.3. The van der Waals surface area contributed by atoms with Crippen LogP contribution < -0.4 is 0 Å². The summed E-state index contributed by atoms with van der Waals surface area (Å²) in [5, 5.41) is 10.8. The maximum atomic E-state index is 9.61. The molecule has 3 heterocycles. The van der Waals surface area contributed by atoms with E-state index in [0.717, 1.165) is 5.52 Å². The Morgan fingerprint density at radius 1 is 1.11 bits per heavy atom. The Labute approximate surface area is 110 Å². The number of nitriles is 1. The summed E-state index contributed by atoms with van der Waals surface area (Å²) in [6.07, 6.45) is 2.03. The van der Waals surface area contributed by atoms with Crippen molar-refractivity contribution in [2.24, 2.45) is 5.41 Å². The zero-order valence-electron chi connectivity index (χ0n) is 10.5. The highest BCUT2D eigenvalue weighted by molar-refractivity contribution is 5.84. The van der Waals surface area contributed by atoms with E-state index in [2.05, 4.69) is 23.2 Å². The highest BCUT2D eigenvalue weighted by Crippen LogP contribution is 2.52. The highest BCUT2D eigenvalue weighted by atomic mass is 16.5. The van der Waals surface area contributed by atoms with Crippen LogP contribution in [0.2, 0.25) is 0 Å². The van der Waals surface area contributed by atoms with E-state index in [-0.39, 0.29) is 5.41 Å². The lowest BCUT2D eigenvalue weighted by atomic mass is 9.58. The first-order valence-electron chi connectivity index (χ1n) is 6.45. The number of aromatic nitrogens is 1. The molecule has 0 atom stereocenters. The van der Waals surface area contributed by atoms with Gasteiger partial charge in [0.2, 0.25) is 0 Å². The summed E-state index contributed by atoms with van der Waals surface area (Å²) >= 11 is 0. The van der Waals surface area contributed by atoms with Gasteiger partial charge in [0.15, 0.2) is 0 Å². The number of para-hydroxylation sites is 1. The Morgan fingerprint density at radius 3 is 2.42 bits per heavy atom. The minimum Gasteiger partial charge on any atom is -0.379 e. The van der Waals surface area contributed by atoms with Crippen molar-refractivity contribution in [3.05, 3.63) is 36.0 Å². The molecular formula is C15H14N2O2. The van der Waals surface area contributed by atoms with Crippen molar-refractivity contribution >= 4 is 10.9 Å². The summed E-state index contributed by atoms with van der Waals surface area (Å²) in [7, 11) is 0. The molecule has 1 aromatic carbocycles. The third-order valence-corrected chi connectivity index (χ3v) is 4.63. The van der Waals surface area contributed by atoms with Crippen LogP contribution in [0, 0.1) is 16.7 Å². The van der Waals surface area contributed by atoms with E-state index in [1.807, 2.05) is 18.3 Å². The number of hydrogen-bond donors (Lipinski definition) is 1. The van der Waals surface area contributed by atoms with Gasteiger partial charge in [-0.3, -0.25) is 0 Å². The standard InChI is InChI=1S/C15H14N2O2/c16-6-14(7-18-8-14)15(9-19-10-15)12-5-17-13-4-2-1-3-11(12)13/h1-5,17H,7-10H2. The molecule has 0 amide bonds. The van der Waals surface area contributed by atoms with Gasteiger partial charge in [0.05, 0.1) is 37.9 Å². The van der Waals surface area contributed by atoms with Crippen LogP contribution >= 0.6 is 0 Å². The largest absolute Gasteiger partial charge is 0.379 e. The fourth-order valence-electron chi connectivity index (χ4n) is 3.22. The third-order valence-electron chi connectivity index (χ3n) is 4.63. The highest BCUT2D eigenvalue weighted by Gasteiger charge is 2.62. The van der Waals surface area contributed by atoms with E-state index in [9.17, 15) is 5.26 Å². The number of benzene rings is 1. The van der Waals surface area contributed by atoms with E-state index < -0.39 is 5.41 Å².